The SMILES string of the molecule is CCNC(=NCc1cc(C(CC)CC)no1)NCCNS(=O)(=O)c1ccccc1.I. The van der Waals surface area contributed by atoms with Crippen LogP contribution in [0.4, 0.5) is 0 Å². The van der Waals surface area contributed by atoms with Crippen molar-refractivity contribution in [2.75, 3.05) is 19.6 Å². The Morgan fingerprint density at radius 1 is 1.10 bits per heavy atom. The number of nitrogens with zero attached hydrogens (tertiary/aromatic N) is 2. The standard InChI is InChI=1S/C20H31N5O3S.HI/c1-4-16(5-2)19-14-17(28-25-19)15-23-20(21-6-3)22-12-13-24-29(26,27)18-10-8-7-9-11-18;/h7-11,14,16,24H,4-6,12-13,15H2,1-3H3,(H2,21,22,23);1H. The second kappa shape index (κ2) is 13.6. The number of guanidine groups is 1. The molecule has 168 valence electrons. The van der Waals surface area contributed by atoms with Gasteiger partial charge in [-0.15, -0.1) is 24.0 Å². The van der Waals surface area contributed by atoms with Gasteiger partial charge in [-0.05, 0) is 31.9 Å². The maximum atomic E-state index is 12.2. The van der Waals surface area contributed by atoms with Crippen LogP contribution in [0.2, 0.25) is 0 Å². The van der Waals surface area contributed by atoms with Gasteiger partial charge >= 0.3 is 0 Å². The van der Waals surface area contributed by atoms with Crippen LogP contribution in [0.5, 0.6) is 0 Å². The molecule has 0 saturated heterocycles. The maximum absolute atomic E-state index is 12.2. The first-order valence-electron chi connectivity index (χ1n) is 10.0. The van der Waals surface area contributed by atoms with Gasteiger partial charge in [-0.3, -0.25) is 0 Å². The maximum Gasteiger partial charge on any atom is 0.240 e. The number of aliphatic imine (C=N–C) groups is 1. The number of nitrogens with one attached hydrogen (secondary N) is 3. The first kappa shape index (κ1) is 26.4. The molecule has 3 N–H and O–H groups in total. The fourth-order valence-electron chi connectivity index (χ4n) is 2.85. The Morgan fingerprint density at radius 3 is 2.43 bits per heavy atom. The lowest BCUT2D eigenvalue weighted by molar-refractivity contribution is 0.372. The third-order valence-electron chi connectivity index (χ3n) is 4.48. The van der Waals surface area contributed by atoms with Gasteiger partial charge in [-0.1, -0.05) is 37.2 Å². The van der Waals surface area contributed by atoms with Gasteiger partial charge in [0, 0.05) is 31.6 Å². The molecule has 2 aromatic rings. The van der Waals surface area contributed by atoms with Crippen molar-refractivity contribution < 1.29 is 12.9 Å². The van der Waals surface area contributed by atoms with E-state index in [4.69, 9.17) is 4.52 Å². The van der Waals surface area contributed by atoms with Gasteiger partial charge < -0.3 is 15.2 Å². The molecule has 0 saturated carbocycles. The van der Waals surface area contributed by atoms with Crippen molar-refractivity contribution in [1.29, 1.82) is 0 Å². The predicted octanol–water partition coefficient (Wildman–Crippen LogP) is 3.23. The minimum atomic E-state index is -3.51. The molecule has 0 fully saturated rings. The second-order valence-corrected chi connectivity index (χ2v) is 8.33. The molecule has 10 heteroatoms. The van der Waals surface area contributed by atoms with Crippen molar-refractivity contribution in [2.45, 2.75) is 51.0 Å². The van der Waals surface area contributed by atoms with Gasteiger partial charge in [0.2, 0.25) is 10.0 Å². The van der Waals surface area contributed by atoms with Crippen LogP contribution in [-0.2, 0) is 16.6 Å². The van der Waals surface area contributed by atoms with Crippen molar-refractivity contribution >= 4 is 40.0 Å². The van der Waals surface area contributed by atoms with Crippen LogP contribution in [0.25, 0.3) is 0 Å². The van der Waals surface area contributed by atoms with Crippen molar-refractivity contribution in [3.8, 4) is 0 Å². The van der Waals surface area contributed by atoms with E-state index in [0.717, 1.165) is 18.5 Å². The normalized spacial score (nSPS) is 11.9. The molecular weight excluding hydrogens is 517 g/mol. The van der Waals surface area contributed by atoms with E-state index in [1.54, 1.807) is 30.3 Å². The van der Waals surface area contributed by atoms with Gasteiger partial charge in [0.1, 0.15) is 6.54 Å². The van der Waals surface area contributed by atoms with E-state index in [9.17, 15) is 8.42 Å². The zero-order valence-corrected chi connectivity index (χ0v) is 20.9. The molecule has 1 aromatic carbocycles. The Bertz CT molecular complexity index is 868. The quantitative estimate of drug-likeness (QED) is 0.172. The highest BCUT2D eigenvalue weighted by atomic mass is 127. The summed E-state index contributed by atoms with van der Waals surface area (Å²) in [6.45, 7) is 7.93. The molecule has 2 rings (SSSR count). The molecule has 0 atom stereocenters. The van der Waals surface area contributed by atoms with Crippen LogP contribution < -0.4 is 15.4 Å². The topological polar surface area (TPSA) is 109 Å². The Labute approximate surface area is 196 Å². The summed E-state index contributed by atoms with van der Waals surface area (Å²) in [4.78, 5) is 4.73. The number of hydrogen-bond acceptors (Lipinski definition) is 5. The van der Waals surface area contributed by atoms with Crippen LogP contribution in [0.1, 0.15) is 51.0 Å². The Hall–Kier alpha value is -1.66. The van der Waals surface area contributed by atoms with Gasteiger partial charge in [-0.2, -0.15) is 0 Å². The van der Waals surface area contributed by atoms with E-state index < -0.39 is 10.0 Å². The molecule has 1 aromatic heterocycles. The molecule has 0 spiro atoms. The van der Waals surface area contributed by atoms with E-state index in [1.165, 1.54) is 0 Å². The third-order valence-corrected chi connectivity index (χ3v) is 5.96. The van der Waals surface area contributed by atoms with E-state index in [2.05, 4.69) is 39.4 Å². The van der Waals surface area contributed by atoms with Crippen molar-refractivity contribution in [2.24, 2.45) is 4.99 Å². The van der Waals surface area contributed by atoms with Gasteiger partial charge in [0.15, 0.2) is 11.7 Å². The van der Waals surface area contributed by atoms with Crippen molar-refractivity contribution in [3.63, 3.8) is 0 Å². The number of rotatable bonds is 11. The summed E-state index contributed by atoms with van der Waals surface area (Å²) in [6, 6.07) is 10.3. The molecule has 0 amide bonds. The highest BCUT2D eigenvalue weighted by Gasteiger charge is 2.13. The molecule has 0 unspecified atom stereocenters. The van der Waals surface area contributed by atoms with Crippen molar-refractivity contribution in [1.82, 2.24) is 20.5 Å². The highest BCUT2D eigenvalue weighted by Crippen LogP contribution is 2.22. The summed E-state index contributed by atoms with van der Waals surface area (Å²) in [5, 5.41) is 10.4. The fourth-order valence-corrected chi connectivity index (χ4v) is 3.90. The fraction of sp³-hybridized carbons (Fsp3) is 0.500. The summed E-state index contributed by atoms with van der Waals surface area (Å²) in [5.41, 5.74) is 0.966. The van der Waals surface area contributed by atoms with E-state index >= 15 is 0 Å². The summed E-state index contributed by atoms with van der Waals surface area (Å²) >= 11 is 0. The number of sulfonamides is 1. The average Bonchev–Trinajstić information content (AvgIpc) is 3.19. The number of benzene rings is 1. The molecule has 0 aliphatic carbocycles. The van der Waals surface area contributed by atoms with Gasteiger partial charge in [-0.25, -0.2) is 18.1 Å². The van der Waals surface area contributed by atoms with Crippen LogP contribution in [0, 0.1) is 0 Å². The number of hydrogen-bond donors (Lipinski definition) is 3. The van der Waals surface area contributed by atoms with Gasteiger partial charge in [0.25, 0.3) is 0 Å². The number of halogens is 1. The van der Waals surface area contributed by atoms with Crippen LogP contribution in [0.3, 0.4) is 0 Å². The summed E-state index contributed by atoms with van der Waals surface area (Å²) in [7, 11) is -3.51. The van der Waals surface area contributed by atoms with Gasteiger partial charge in [0.05, 0.1) is 10.6 Å². The van der Waals surface area contributed by atoms with Crippen LogP contribution in [-0.4, -0.2) is 39.2 Å². The first-order chi connectivity index (χ1) is 14.0. The Balaban J connectivity index is 0.00000450. The molecule has 0 aliphatic rings. The monoisotopic (exact) mass is 549 g/mol. The van der Waals surface area contributed by atoms with E-state index in [0.29, 0.717) is 37.3 Å². The average molecular weight is 549 g/mol. The Kier molecular flexibility index (Phi) is 12.0. The zero-order valence-electron chi connectivity index (χ0n) is 17.7. The molecular formula is C20H32IN5O3S. The smallest absolute Gasteiger partial charge is 0.240 e. The largest absolute Gasteiger partial charge is 0.359 e. The lowest BCUT2D eigenvalue weighted by Crippen LogP contribution is -2.41. The minimum Gasteiger partial charge on any atom is -0.359 e. The van der Waals surface area contributed by atoms with E-state index in [-0.39, 0.29) is 35.4 Å². The van der Waals surface area contributed by atoms with Crippen LogP contribution in [0.15, 0.2) is 50.8 Å². The lowest BCUT2D eigenvalue weighted by Gasteiger charge is -2.11. The Morgan fingerprint density at radius 2 is 1.80 bits per heavy atom. The third kappa shape index (κ3) is 8.23. The number of aromatic nitrogens is 1. The molecule has 8 nitrogen and oxygen atoms in total. The molecule has 30 heavy (non-hydrogen) atoms. The molecule has 0 aliphatic heterocycles. The molecule has 1 heterocycles. The molecule has 0 bridgehead atoms. The zero-order chi connectivity index (χ0) is 21.1. The lowest BCUT2D eigenvalue weighted by atomic mass is 9.99. The van der Waals surface area contributed by atoms with E-state index in [1.807, 2.05) is 13.0 Å². The van der Waals surface area contributed by atoms with Crippen LogP contribution >= 0.6 is 24.0 Å². The summed E-state index contributed by atoms with van der Waals surface area (Å²) in [6.07, 6.45) is 2.05. The molecule has 0 radical (unpaired) electrons. The first-order valence-corrected chi connectivity index (χ1v) is 11.5. The summed E-state index contributed by atoms with van der Waals surface area (Å²) in [5.74, 6) is 1.70. The second-order valence-electron chi connectivity index (χ2n) is 6.56. The summed E-state index contributed by atoms with van der Waals surface area (Å²) < 4.78 is 32.4. The highest BCUT2D eigenvalue weighted by molar-refractivity contribution is 14.0. The minimum absolute atomic E-state index is 0. The predicted molar refractivity (Wildman–Crippen MR) is 130 cm³/mol. The van der Waals surface area contributed by atoms with Crippen molar-refractivity contribution in [3.05, 3.63) is 47.9 Å².